The predicted molar refractivity (Wildman–Crippen MR) is 87.7 cm³/mol. The second-order valence-electron chi connectivity index (χ2n) is 5.75. The first kappa shape index (κ1) is 16.5. The summed E-state index contributed by atoms with van der Waals surface area (Å²) >= 11 is 1.68. The van der Waals surface area contributed by atoms with Crippen LogP contribution in [0, 0.1) is 0 Å². The molecule has 0 aliphatic carbocycles. The van der Waals surface area contributed by atoms with Gasteiger partial charge in [-0.3, -0.25) is 4.79 Å². The normalized spacial score (nSPS) is 21.2. The van der Waals surface area contributed by atoms with E-state index in [2.05, 4.69) is 24.5 Å². The standard InChI is InChI=1S/C16H26N2O2S/c1-4-16(5-2)10-13(6-8-20-16)17-11-15-14(7-9-21-15)18-12(3)19/h7,9,13,17H,4-6,8,10-11H2,1-3H3,(H,18,19). The summed E-state index contributed by atoms with van der Waals surface area (Å²) in [5.74, 6) is -0.0169. The lowest BCUT2D eigenvalue weighted by Crippen LogP contribution is -2.46. The third kappa shape index (κ3) is 4.28. The van der Waals surface area contributed by atoms with E-state index in [0.29, 0.717) is 6.04 Å². The highest BCUT2D eigenvalue weighted by Crippen LogP contribution is 2.32. The fourth-order valence-corrected chi connectivity index (χ4v) is 3.74. The zero-order valence-electron chi connectivity index (χ0n) is 13.2. The van der Waals surface area contributed by atoms with Crippen molar-refractivity contribution in [1.82, 2.24) is 5.32 Å². The summed E-state index contributed by atoms with van der Waals surface area (Å²) in [6, 6.07) is 2.46. The molecule has 2 N–H and O–H groups in total. The number of amides is 1. The monoisotopic (exact) mass is 310 g/mol. The van der Waals surface area contributed by atoms with Crippen molar-refractivity contribution in [3.8, 4) is 0 Å². The zero-order chi connectivity index (χ0) is 15.3. The average molecular weight is 310 g/mol. The van der Waals surface area contributed by atoms with E-state index in [-0.39, 0.29) is 11.5 Å². The van der Waals surface area contributed by atoms with Crippen molar-refractivity contribution in [3.63, 3.8) is 0 Å². The number of rotatable bonds is 6. The SMILES string of the molecule is CCC1(CC)CC(NCc2sccc2NC(C)=O)CCO1. The van der Waals surface area contributed by atoms with Gasteiger partial charge in [0.1, 0.15) is 0 Å². The summed E-state index contributed by atoms with van der Waals surface area (Å²) in [5.41, 5.74) is 0.982. The van der Waals surface area contributed by atoms with E-state index in [9.17, 15) is 4.79 Å². The minimum absolute atomic E-state index is 0.0169. The van der Waals surface area contributed by atoms with Gasteiger partial charge in [-0.05, 0) is 37.1 Å². The minimum atomic E-state index is -0.0169. The van der Waals surface area contributed by atoms with Crippen LogP contribution in [-0.2, 0) is 16.1 Å². The number of thiophene rings is 1. The highest BCUT2D eigenvalue weighted by molar-refractivity contribution is 7.10. The van der Waals surface area contributed by atoms with Gasteiger partial charge >= 0.3 is 0 Å². The molecule has 4 nitrogen and oxygen atoms in total. The molecule has 1 saturated heterocycles. The minimum Gasteiger partial charge on any atom is -0.375 e. The Labute approximate surface area is 131 Å². The van der Waals surface area contributed by atoms with E-state index in [1.54, 1.807) is 18.3 Å². The van der Waals surface area contributed by atoms with Gasteiger partial charge in [0.15, 0.2) is 0 Å². The molecule has 0 radical (unpaired) electrons. The van der Waals surface area contributed by atoms with Gasteiger partial charge in [0.05, 0.1) is 11.3 Å². The van der Waals surface area contributed by atoms with Gasteiger partial charge in [-0.2, -0.15) is 0 Å². The molecule has 21 heavy (non-hydrogen) atoms. The molecule has 0 bridgehead atoms. The summed E-state index contributed by atoms with van der Waals surface area (Å²) in [6.45, 7) is 7.61. The predicted octanol–water partition coefficient (Wildman–Crippen LogP) is 3.53. The van der Waals surface area contributed by atoms with Crippen LogP contribution in [0.25, 0.3) is 0 Å². The smallest absolute Gasteiger partial charge is 0.221 e. The molecule has 118 valence electrons. The third-order valence-electron chi connectivity index (χ3n) is 4.39. The van der Waals surface area contributed by atoms with Gasteiger partial charge in [0, 0.05) is 31.0 Å². The van der Waals surface area contributed by atoms with E-state index in [1.807, 2.05) is 11.4 Å². The number of anilines is 1. The van der Waals surface area contributed by atoms with E-state index in [4.69, 9.17) is 4.74 Å². The lowest BCUT2D eigenvalue weighted by molar-refractivity contribution is -0.114. The molecule has 1 atom stereocenters. The van der Waals surface area contributed by atoms with Crippen LogP contribution in [0.1, 0.15) is 51.3 Å². The molecular weight excluding hydrogens is 284 g/mol. The fourth-order valence-electron chi connectivity index (χ4n) is 2.96. The Bertz CT molecular complexity index is 469. The van der Waals surface area contributed by atoms with Crippen LogP contribution in [0.3, 0.4) is 0 Å². The van der Waals surface area contributed by atoms with Crippen molar-refractivity contribution in [2.24, 2.45) is 0 Å². The average Bonchev–Trinajstić information content (AvgIpc) is 2.91. The van der Waals surface area contributed by atoms with Crippen LogP contribution in [0.2, 0.25) is 0 Å². The van der Waals surface area contributed by atoms with E-state index < -0.39 is 0 Å². The number of carbonyl (C=O) groups excluding carboxylic acids is 1. The van der Waals surface area contributed by atoms with Gasteiger partial charge in [0.25, 0.3) is 0 Å². The molecule has 0 saturated carbocycles. The summed E-state index contributed by atoms with van der Waals surface area (Å²) in [5, 5.41) is 8.55. The summed E-state index contributed by atoms with van der Waals surface area (Å²) < 4.78 is 6.01. The lowest BCUT2D eigenvalue weighted by atomic mass is 9.86. The van der Waals surface area contributed by atoms with Crippen LogP contribution < -0.4 is 10.6 Å². The van der Waals surface area contributed by atoms with Crippen LogP contribution in [0.15, 0.2) is 11.4 Å². The van der Waals surface area contributed by atoms with E-state index in [0.717, 1.165) is 44.5 Å². The molecule has 1 fully saturated rings. The zero-order valence-corrected chi connectivity index (χ0v) is 14.0. The molecule has 0 spiro atoms. The van der Waals surface area contributed by atoms with Crippen LogP contribution in [-0.4, -0.2) is 24.2 Å². The molecule has 1 aromatic rings. The number of hydrogen-bond acceptors (Lipinski definition) is 4. The van der Waals surface area contributed by atoms with Crippen LogP contribution >= 0.6 is 11.3 Å². The van der Waals surface area contributed by atoms with Crippen molar-refractivity contribution in [2.45, 2.75) is 64.6 Å². The number of hydrogen-bond donors (Lipinski definition) is 2. The van der Waals surface area contributed by atoms with Crippen molar-refractivity contribution < 1.29 is 9.53 Å². The van der Waals surface area contributed by atoms with Gasteiger partial charge in [-0.25, -0.2) is 0 Å². The van der Waals surface area contributed by atoms with E-state index >= 15 is 0 Å². The highest BCUT2D eigenvalue weighted by Gasteiger charge is 2.34. The highest BCUT2D eigenvalue weighted by atomic mass is 32.1. The Balaban J connectivity index is 1.91. The molecule has 0 aromatic carbocycles. The number of ether oxygens (including phenoxy) is 1. The van der Waals surface area contributed by atoms with Crippen LogP contribution in [0.4, 0.5) is 5.69 Å². The first-order valence-corrected chi connectivity index (χ1v) is 8.68. The van der Waals surface area contributed by atoms with Crippen molar-refractivity contribution in [3.05, 3.63) is 16.3 Å². The Hall–Kier alpha value is -0.910. The number of carbonyl (C=O) groups is 1. The second kappa shape index (κ2) is 7.38. The van der Waals surface area contributed by atoms with Gasteiger partial charge < -0.3 is 15.4 Å². The maximum absolute atomic E-state index is 11.2. The molecular formula is C16H26N2O2S. The maximum Gasteiger partial charge on any atom is 0.221 e. The summed E-state index contributed by atoms with van der Waals surface area (Å²) in [4.78, 5) is 12.4. The third-order valence-corrected chi connectivity index (χ3v) is 5.31. The number of nitrogens with one attached hydrogen (secondary N) is 2. The maximum atomic E-state index is 11.2. The first-order chi connectivity index (χ1) is 10.1. The van der Waals surface area contributed by atoms with Gasteiger partial charge in [-0.15, -0.1) is 11.3 Å². The Morgan fingerprint density at radius 1 is 1.48 bits per heavy atom. The summed E-state index contributed by atoms with van der Waals surface area (Å²) in [7, 11) is 0. The van der Waals surface area contributed by atoms with Crippen molar-refractivity contribution in [2.75, 3.05) is 11.9 Å². The van der Waals surface area contributed by atoms with Gasteiger partial charge in [-0.1, -0.05) is 13.8 Å². The van der Waals surface area contributed by atoms with Crippen molar-refractivity contribution in [1.29, 1.82) is 0 Å². The molecule has 1 aromatic heterocycles. The fraction of sp³-hybridized carbons (Fsp3) is 0.688. The Kier molecular flexibility index (Phi) is 5.79. The largest absolute Gasteiger partial charge is 0.375 e. The van der Waals surface area contributed by atoms with Crippen LogP contribution in [0.5, 0.6) is 0 Å². The van der Waals surface area contributed by atoms with E-state index in [1.165, 1.54) is 4.88 Å². The second-order valence-corrected chi connectivity index (χ2v) is 6.75. The Morgan fingerprint density at radius 2 is 2.24 bits per heavy atom. The van der Waals surface area contributed by atoms with Gasteiger partial charge in [0.2, 0.25) is 5.91 Å². The van der Waals surface area contributed by atoms with Crippen molar-refractivity contribution >= 4 is 22.9 Å². The first-order valence-electron chi connectivity index (χ1n) is 7.80. The molecule has 1 amide bonds. The summed E-state index contributed by atoms with van der Waals surface area (Å²) in [6.07, 6.45) is 4.26. The Morgan fingerprint density at radius 3 is 2.90 bits per heavy atom. The quantitative estimate of drug-likeness (QED) is 0.845. The molecule has 1 aliphatic rings. The molecule has 2 heterocycles. The molecule has 2 rings (SSSR count). The molecule has 1 unspecified atom stereocenters. The lowest BCUT2D eigenvalue weighted by Gasteiger charge is -2.40. The molecule has 5 heteroatoms. The molecule has 1 aliphatic heterocycles. The topological polar surface area (TPSA) is 50.4 Å².